The van der Waals surface area contributed by atoms with Crippen LogP contribution in [0.5, 0.6) is 0 Å². The van der Waals surface area contributed by atoms with Crippen LogP contribution in [0.3, 0.4) is 0 Å². The molecule has 0 N–H and O–H groups in total. The molecule has 6 heteroatoms. The van der Waals surface area contributed by atoms with Crippen LogP contribution in [0.1, 0.15) is 21.0 Å². The highest BCUT2D eigenvalue weighted by molar-refractivity contribution is 6.55. The van der Waals surface area contributed by atoms with Crippen LogP contribution >= 0.6 is 0 Å². The highest BCUT2D eigenvalue weighted by Crippen LogP contribution is 2.01. The first-order valence-corrected chi connectivity index (χ1v) is 8.36. The van der Waals surface area contributed by atoms with Gasteiger partial charge in [0.1, 0.15) is 18.1 Å². The van der Waals surface area contributed by atoms with E-state index in [2.05, 4.69) is 18.2 Å². The van der Waals surface area contributed by atoms with Crippen LogP contribution in [-0.2, 0) is 11.5 Å². The molecule has 0 amide bonds. The van der Waals surface area contributed by atoms with Crippen LogP contribution in [0.15, 0.2) is 6.07 Å². The monoisotopic (exact) mass is 240 g/mol. The minimum absolute atomic E-state index is 0.225. The van der Waals surface area contributed by atoms with Gasteiger partial charge in [0, 0.05) is 15.4 Å². The van der Waals surface area contributed by atoms with Crippen LogP contribution in [0, 0.1) is 0 Å². The Morgan fingerprint density at radius 2 is 2.19 bits per heavy atom. The van der Waals surface area contributed by atoms with Gasteiger partial charge in [0.05, 0.1) is 0 Å². The Bertz CT molecular complexity index is 363. The average Bonchev–Trinajstić information content (AvgIpc) is 2.66. The third-order valence-electron chi connectivity index (χ3n) is 2.12. The van der Waals surface area contributed by atoms with E-state index in [1.807, 2.05) is 0 Å². The second-order valence-corrected chi connectivity index (χ2v) is 7.31. The highest BCUT2D eigenvalue weighted by atomic mass is 28.3. The molecule has 0 saturated heterocycles. The molecule has 1 aromatic rings. The molecule has 0 atom stereocenters. The van der Waals surface area contributed by atoms with Crippen molar-refractivity contribution in [1.82, 2.24) is 9.78 Å². The molecule has 5 nitrogen and oxygen atoms in total. The lowest BCUT2D eigenvalue weighted by Gasteiger charge is -2.06. The molecule has 0 aliphatic carbocycles. The van der Waals surface area contributed by atoms with Crippen molar-refractivity contribution in [1.29, 1.82) is 0 Å². The number of rotatable bonds is 7. The predicted octanol–water partition coefficient (Wildman–Crippen LogP) is 0.969. The zero-order valence-electron chi connectivity index (χ0n) is 9.55. The van der Waals surface area contributed by atoms with E-state index < -0.39 is 8.80 Å². The van der Waals surface area contributed by atoms with E-state index in [0.717, 1.165) is 6.04 Å². The lowest BCUT2D eigenvalue weighted by Crippen LogP contribution is -2.11. The second kappa shape index (κ2) is 6.34. The molecule has 0 unspecified atom stereocenters. The number of aldehydes is 2. The first kappa shape index (κ1) is 12.8. The minimum atomic E-state index is -0.597. The van der Waals surface area contributed by atoms with E-state index in [1.165, 1.54) is 10.7 Å². The van der Waals surface area contributed by atoms with Crippen LogP contribution in [-0.4, -0.2) is 37.8 Å². The number of nitrogens with zero attached hydrogens (tertiary/aromatic N) is 2. The van der Waals surface area contributed by atoms with Gasteiger partial charge in [-0.05, 0) is 12.1 Å². The van der Waals surface area contributed by atoms with Crippen LogP contribution in [0.4, 0.5) is 0 Å². The van der Waals surface area contributed by atoms with E-state index in [1.54, 1.807) is 0 Å². The maximum Gasteiger partial charge on any atom is 0.170 e. The Kier molecular flexibility index (Phi) is 5.07. The van der Waals surface area contributed by atoms with Gasteiger partial charge in [-0.15, -0.1) is 0 Å². The summed E-state index contributed by atoms with van der Waals surface area (Å²) in [7, 11) is -0.597. The Morgan fingerprint density at radius 3 is 2.75 bits per heavy atom. The predicted molar refractivity (Wildman–Crippen MR) is 62.6 cm³/mol. The lowest BCUT2D eigenvalue weighted by molar-refractivity contribution is 0.0753. The maximum atomic E-state index is 10.7. The van der Waals surface area contributed by atoms with Gasteiger partial charge in [-0.25, -0.2) is 4.68 Å². The van der Waals surface area contributed by atoms with Crippen molar-refractivity contribution < 1.29 is 14.3 Å². The number of hydrogen-bond acceptors (Lipinski definition) is 4. The summed E-state index contributed by atoms with van der Waals surface area (Å²) in [4.78, 5) is 21.2. The molecular weight excluding hydrogens is 224 g/mol. The van der Waals surface area contributed by atoms with Gasteiger partial charge in [0.15, 0.2) is 12.6 Å². The molecule has 1 aromatic heterocycles. The molecule has 0 radical (unpaired) electrons. The SMILES string of the molecule is C[SiH](C)CCOCn1nc(C=O)cc1C=O. The Labute approximate surface area is 96.0 Å². The van der Waals surface area contributed by atoms with Gasteiger partial charge < -0.3 is 4.74 Å². The molecule has 1 rings (SSSR count). The normalized spacial score (nSPS) is 10.7. The summed E-state index contributed by atoms with van der Waals surface area (Å²) in [6.45, 7) is 5.40. The molecule has 0 aliphatic rings. The van der Waals surface area contributed by atoms with Crippen LogP contribution in [0.2, 0.25) is 19.1 Å². The van der Waals surface area contributed by atoms with Crippen molar-refractivity contribution in [2.45, 2.75) is 25.9 Å². The number of hydrogen-bond donors (Lipinski definition) is 0. The van der Waals surface area contributed by atoms with E-state index in [-0.39, 0.29) is 12.4 Å². The fraction of sp³-hybridized carbons (Fsp3) is 0.500. The van der Waals surface area contributed by atoms with Gasteiger partial charge in [0.2, 0.25) is 0 Å². The van der Waals surface area contributed by atoms with Crippen molar-refractivity contribution >= 4 is 21.4 Å². The summed E-state index contributed by atoms with van der Waals surface area (Å²) in [5.74, 6) is 0. The number of ether oxygens (including phenoxy) is 1. The molecule has 0 aliphatic heterocycles. The first-order chi connectivity index (χ1) is 7.67. The van der Waals surface area contributed by atoms with Gasteiger partial charge in [-0.3, -0.25) is 9.59 Å². The minimum Gasteiger partial charge on any atom is -0.360 e. The van der Waals surface area contributed by atoms with E-state index >= 15 is 0 Å². The summed E-state index contributed by atoms with van der Waals surface area (Å²) >= 11 is 0. The van der Waals surface area contributed by atoms with Gasteiger partial charge in [0.25, 0.3) is 0 Å². The summed E-state index contributed by atoms with van der Waals surface area (Å²) in [6, 6.07) is 2.54. The zero-order valence-corrected chi connectivity index (χ0v) is 10.7. The average molecular weight is 240 g/mol. The Balaban J connectivity index is 2.49. The number of carbonyl (C=O) groups is 2. The molecule has 88 valence electrons. The Hall–Kier alpha value is -1.27. The largest absolute Gasteiger partial charge is 0.360 e. The summed E-state index contributed by atoms with van der Waals surface area (Å²) < 4.78 is 6.79. The van der Waals surface area contributed by atoms with Crippen molar-refractivity contribution in [2.24, 2.45) is 0 Å². The molecule has 0 saturated carbocycles. The van der Waals surface area contributed by atoms with Crippen LogP contribution in [0.25, 0.3) is 0 Å². The third-order valence-corrected chi connectivity index (χ3v) is 3.51. The molecule has 0 spiro atoms. The highest BCUT2D eigenvalue weighted by Gasteiger charge is 2.06. The van der Waals surface area contributed by atoms with Crippen LogP contribution < -0.4 is 0 Å². The molecule has 16 heavy (non-hydrogen) atoms. The van der Waals surface area contributed by atoms with Gasteiger partial charge >= 0.3 is 0 Å². The molecule has 0 aromatic carbocycles. The van der Waals surface area contributed by atoms with Crippen molar-refractivity contribution in [3.05, 3.63) is 17.5 Å². The van der Waals surface area contributed by atoms with Gasteiger partial charge in [-0.2, -0.15) is 5.10 Å². The molecule has 1 heterocycles. The van der Waals surface area contributed by atoms with Gasteiger partial charge in [-0.1, -0.05) is 13.1 Å². The lowest BCUT2D eigenvalue weighted by atomic mass is 10.4. The fourth-order valence-electron chi connectivity index (χ4n) is 1.18. The molecular formula is C10H16N2O3Si. The quantitative estimate of drug-likeness (QED) is 0.405. The summed E-state index contributed by atoms with van der Waals surface area (Å²) in [5.41, 5.74) is 0.618. The molecule has 0 bridgehead atoms. The summed E-state index contributed by atoms with van der Waals surface area (Å²) in [5, 5.41) is 3.92. The van der Waals surface area contributed by atoms with E-state index in [9.17, 15) is 9.59 Å². The fourth-order valence-corrected chi connectivity index (χ4v) is 1.82. The topological polar surface area (TPSA) is 61.2 Å². The smallest absolute Gasteiger partial charge is 0.170 e. The van der Waals surface area contributed by atoms with Crippen molar-refractivity contribution in [3.8, 4) is 0 Å². The third kappa shape index (κ3) is 3.71. The van der Waals surface area contributed by atoms with E-state index in [0.29, 0.717) is 24.9 Å². The zero-order chi connectivity index (χ0) is 12.0. The number of carbonyl (C=O) groups excluding carboxylic acids is 2. The Morgan fingerprint density at radius 1 is 1.44 bits per heavy atom. The summed E-state index contributed by atoms with van der Waals surface area (Å²) in [6.07, 6.45) is 1.28. The van der Waals surface area contributed by atoms with Crippen molar-refractivity contribution in [3.63, 3.8) is 0 Å². The standard InChI is InChI=1S/C10H16N2O3Si/c1-16(2)4-3-15-8-12-10(7-14)5-9(6-13)11-12/h5-7,16H,3-4,8H2,1-2H3. The van der Waals surface area contributed by atoms with E-state index in [4.69, 9.17) is 4.74 Å². The second-order valence-electron chi connectivity index (χ2n) is 3.95. The van der Waals surface area contributed by atoms with Crippen molar-refractivity contribution in [2.75, 3.05) is 6.61 Å². The number of aromatic nitrogens is 2. The maximum absolute atomic E-state index is 10.7. The molecule has 0 fully saturated rings. The first-order valence-electron chi connectivity index (χ1n) is 5.23.